The van der Waals surface area contributed by atoms with Gasteiger partial charge < -0.3 is 14.6 Å². The quantitative estimate of drug-likeness (QED) is 0.742. The number of phenols is 1. The van der Waals surface area contributed by atoms with Gasteiger partial charge >= 0.3 is 0 Å². The number of aliphatic hydroxyl groups is 1. The minimum atomic E-state index is -1.09. The molecule has 0 bridgehead atoms. The molecule has 0 saturated heterocycles. The molecule has 2 N–H and O–H groups in total. The molecule has 1 heterocycles. The Balaban J connectivity index is 3.02. The van der Waals surface area contributed by atoms with Gasteiger partial charge in [-0.15, -0.1) is 0 Å². The van der Waals surface area contributed by atoms with Crippen LogP contribution in [0.2, 0.25) is 0 Å². The largest absolute Gasteiger partial charge is 0.508 e. The molecule has 0 saturated carbocycles. The number of furan rings is 1. The molecule has 4 heteroatoms. The van der Waals surface area contributed by atoms with E-state index in [2.05, 4.69) is 0 Å². The number of hydrogen-bond acceptors (Lipinski definition) is 4. The Hall–Kier alpha value is -1.81. The molecule has 0 aliphatic rings. The summed E-state index contributed by atoms with van der Waals surface area (Å²) < 4.78 is 27.9. The molecular weight excluding hydrogens is 196 g/mol. The summed E-state index contributed by atoms with van der Waals surface area (Å²) in [6.45, 7) is 1.37. The summed E-state index contributed by atoms with van der Waals surface area (Å²) in [5.41, 5.74) is -0.237. The minimum absolute atomic E-state index is 0.0336. The molecule has 0 amide bonds. The second-order valence-corrected chi connectivity index (χ2v) is 3.10. The molecule has 1 aromatic carbocycles. The van der Waals surface area contributed by atoms with E-state index in [4.69, 9.17) is 8.53 Å². The van der Waals surface area contributed by atoms with Gasteiger partial charge in [-0.05, 0) is 19.0 Å². The van der Waals surface area contributed by atoms with Gasteiger partial charge in [0.05, 0.1) is 9.68 Å². The van der Waals surface area contributed by atoms with Gasteiger partial charge in [0.25, 0.3) is 0 Å². The van der Waals surface area contributed by atoms with Crippen LogP contribution in [0.25, 0.3) is 11.0 Å². The van der Waals surface area contributed by atoms with Crippen molar-refractivity contribution < 1.29 is 23.5 Å². The Labute approximate surface area is 90.0 Å². The maximum absolute atomic E-state index is 11.0. The van der Waals surface area contributed by atoms with Crippen molar-refractivity contribution in [3.63, 3.8) is 0 Å². The number of hydrogen-bond donors (Lipinski definition) is 2. The Kier molecular flexibility index (Phi) is 1.50. The van der Waals surface area contributed by atoms with Crippen molar-refractivity contribution in [2.45, 2.75) is 13.0 Å². The zero-order chi connectivity index (χ0) is 13.6. The number of benzene rings is 1. The Morgan fingerprint density at radius 3 is 2.93 bits per heavy atom. The summed E-state index contributed by atoms with van der Waals surface area (Å²) >= 11 is 0. The predicted octanol–water partition coefficient (Wildman–Crippen LogP) is 2.00. The molecule has 0 aliphatic heterocycles. The standard InChI is InChI=1S/C11H10O4/c1-6(13)11-9(5-12)8-3-2-7(14)4-10(8)15-11/h2-6,13-14H,1H3/i2D,3D,4D. The summed E-state index contributed by atoms with van der Waals surface area (Å²) in [6, 6.07) is -1.43. The van der Waals surface area contributed by atoms with Crippen LogP contribution in [-0.4, -0.2) is 16.5 Å². The van der Waals surface area contributed by atoms with E-state index in [1.807, 2.05) is 0 Å². The maximum atomic E-state index is 11.0. The van der Waals surface area contributed by atoms with Crippen molar-refractivity contribution >= 4 is 17.3 Å². The van der Waals surface area contributed by atoms with E-state index < -0.39 is 30.0 Å². The lowest BCUT2D eigenvalue weighted by molar-refractivity contribution is 0.111. The molecule has 0 radical (unpaired) electrons. The van der Waals surface area contributed by atoms with Crippen molar-refractivity contribution in [2.24, 2.45) is 0 Å². The lowest BCUT2D eigenvalue weighted by Crippen LogP contribution is -1.92. The second-order valence-electron chi connectivity index (χ2n) is 3.10. The predicted molar refractivity (Wildman–Crippen MR) is 53.9 cm³/mol. The number of carbonyl (C=O) groups excluding carboxylic acids is 1. The Bertz CT molecular complexity index is 646. The third kappa shape index (κ3) is 1.49. The van der Waals surface area contributed by atoms with Crippen molar-refractivity contribution in [1.82, 2.24) is 0 Å². The fourth-order valence-electron chi connectivity index (χ4n) is 1.36. The highest BCUT2D eigenvalue weighted by Gasteiger charge is 2.17. The van der Waals surface area contributed by atoms with E-state index in [0.29, 0.717) is 6.29 Å². The van der Waals surface area contributed by atoms with Crippen molar-refractivity contribution in [3.05, 3.63) is 29.5 Å². The average Bonchev–Trinajstić information content (AvgIpc) is 2.73. The van der Waals surface area contributed by atoms with Crippen LogP contribution in [0.15, 0.2) is 22.5 Å². The number of rotatable bonds is 2. The monoisotopic (exact) mass is 209 g/mol. The number of fused-ring (bicyclic) bond motifs is 1. The Morgan fingerprint density at radius 1 is 1.60 bits per heavy atom. The zero-order valence-electron chi connectivity index (χ0n) is 10.9. The van der Waals surface area contributed by atoms with Gasteiger partial charge in [-0.2, -0.15) is 0 Å². The van der Waals surface area contributed by atoms with Crippen LogP contribution >= 0.6 is 0 Å². The lowest BCUT2D eigenvalue weighted by atomic mass is 10.1. The molecule has 78 valence electrons. The molecule has 0 aliphatic carbocycles. The summed E-state index contributed by atoms with van der Waals surface area (Å²) in [4.78, 5) is 11.0. The van der Waals surface area contributed by atoms with E-state index in [0.717, 1.165) is 0 Å². The van der Waals surface area contributed by atoms with E-state index in [9.17, 15) is 15.0 Å². The first-order valence-electron chi connectivity index (χ1n) is 5.78. The first-order chi connectivity index (χ1) is 8.40. The van der Waals surface area contributed by atoms with Crippen molar-refractivity contribution in [1.29, 1.82) is 0 Å². The van der Waals surface area contributed by atoms with Crippen LogP contribution in [0.5, 0.6) is 5.75 Å². The SMILES string of the molecule is [2H]c1c(O)c([2H])c2oc(C(C)O)c(C=O)c2c1[2H]. The molecule has 2 aromatic rings. The highest BCUT2D eigenvalue weighted by atomic mass is 16.4. The number of phenolic OH excluding ortho intramolecular Hbond substituents is 1. The smallest absolute Gasteiger partial charge is 0.154 e. The van der Waals surface area contributed by atoms with E-state index in [1.54, 1.807) is 0 Å². The van der Waals surface area contributed by atoms with Crippen LogP contribution in [0.4, 0.5) is 0 Å². The number of aromatic hydroxyl groups is 1. The summed E-state index contributed by atoms with van der Waals surface area (Å²) in [5.74, 6) is -0.761. The van der Waals surface area contributed by atoms with Crippen LogP contribution in [-0.2, 0) is 0 Å². The third-order valence-corrected chi connectivity index (χ3v) is 2.01. The van der Waals surface area contributed by atoms with Gasteiger partial charge in [0.2, 0.25) is 0 Å². The average molecular weight is 209 g/mol. The fraction of sp³-hybridized carbons (Fsp3) is 0.182. The molecule has 2 rings (SSSR count). The molecule has 4 nitrogen and oxygen atoms in total. The van der Waals surface area contributed by atoms with Gasteiger partial charge in [-0.3, -0.25) is 4.79 Å². The third-order valence-electron chi connectivity index (χ3n) is 2.01. The molecule has 1 atom stereocenters. The summed E-state index contributed by atoms with van der Waals surface area (Å²) in [6.07, 6.45) is -0.685. The fourth-order valence-corrected chi connectivity index (χ4v) is 1.36. The van der Waals surface area contributed by atoms with Gasteiger partial charge in [0, 0.05) is 11.4 Å². The normalized spacial score (nSPS) is 15.7. The van der Waals surface area contributed by atoms with Crippen LogP contribution in [0.1, 0.15) is 33.3 Å². The van der Waals surface area contributed by atoms with Gasteiger partial charge in [0.1, 0.15) is 23.2 Å². The highest BCUT2D eigenvalue weighted by Crippen LogP contribution is 2.30. The second kappa shape index (κ2) is 3.40. The Morgan fingerprint density at radius 2 is 2.33 bits per heavy atom. The summed E-state index contributed by atoms with van der Waals surface area (Å²) in [5, 5.41) is 18.9. The van der Waals surface area contributed by atoms with Crippen LogP contribution in [0.3, 0.4) is 0 Å². The molecule has 0 fully saturated rings. The highest BCUT2D eigenvalue weighted by molar-refractivity contribution is 5.98. The topological polar surface area (TPSA) is 70.7 Å². The zero-order valence-corrected chi connectivity index (χ0v) is 7.87. The maximum Gasteiger partial charge on any atom is 0.154 e. The van der Waals surface area contributed by atoms with Gasteiger partial charge in [-0.25, -0.2) is 0 Å². The summed E-state index contributed by atoms with van der Waals surface area (Å²) in [7, 11) is 0. The first-order valence-corrected chi connectivity index (χ1v) is 4.28. The molecule has 0 spiro atoms. The lowest BCUT2D eigenvalue weighted by Gasteiger charge is -1.98. The van der Waals surface area contributed by atoms with E-state index in [-0.39, 0.29) is 22.3 Å². The molecule has 15 heavy (non-hydrogen) atoms. The van der Waals surface area contributed by atoms with Crippen LogP contribution in [0, 0.1) is 0 Å². The molecular formula is C11H10O4. The van der Waals surface area contributed by atoms with Crippen molar-refractivity contribution in [2.75, 3.05) is 0 Å². The van der Waals surface area contributed by atoms with E-state index in [1.165, 1.54) is 6.92 Å². The van der Waals surface area contributed by atoms with E-state index >= 15 is 0 Å². The minimum Gasteiger partial charge on any atom is -0.508 e. The number of aldehydes is 1. The molecule has 1 unspecified atom stereocenters. The number of carbonyl (C=O) groups is 1. The van der Waals surface area contributed by atoms with Crippen LogP contribution < -0.4 is 0 Å². The first kappa shape index (κ1) is 6.63. The number of aliphatic hydroxyl groups excluding tert-OH is 1. The van der Waals surface area contributed by atoms with Crippen molar-refractivity contribution in [3.8, 4) is 5.75 Å². The van der Waals surface area contributed by atoms with Gasteiger partial charge in [-0.1, -0.05) is 0 Å². The van der Waals surface area contributed by atoms with Gasteiger partial charge in [0.15, 0.2) is 6.29 Å². The molecule has 1 aromatic heterocycles.